The third-order valence-electron chi connectivity index (χ3n) is 3.63. The van der Waals surface area contributed by atoms with Gasteiger partial charge in [-0.05, 0) is 24.2 Å². The van der Waals surface area contributed by atoms with Crippen LogP contribution >= 0.6 is 11.8 Å². The molecule has 0 saturated carbocycles. The van der Waals surface area contributed by atoms with E-state index in [1.165, 1.54) is 0 Å². The van der Waals surface area contributed by atoms with Gasteiger partial charge in [0.15, 0.2) is 0 Å². The minimum Gasteiger partial charge on any atom is -0.325 e. The van der Waals surface area contributed by atoms with E-state index < -0.39 is 0 Å². The van der Waals surface area contributed by atoms with Gasteiger partial charge in [0.1, 0.15) is 6.04 Å². The van der Waals surface area contributed by atoms with Crippen molar-refractivity contribution in [1.82, 2.24) is 10.2 Å². The van der Waals surface area contributed by atoms with Crippen LogP contribution in [-0.2, 0) is 4.79 Å². The van der Waals surface area contributed by atoms with Crippen LogP contribution < -0.4 is 5.32 Å². The van der Waals surface area contributed by atoms with E-state index in [9.17, 15) is 4.79 Å². The first kappa shape index (κ1) is 15.4. The first-order chi connectivity index (χ1) is 9.63. The van der Waals surface area contributed by atoms with E-state index in [0.29, 0.717) is 5.92 Å². The molecule has 3 nitrogen and oxygen atoms in total. The third-order valence-corrected chi connectivity index (χ3v) is 4.22. The van der Waals surface area contributed by atoms with Crippen molar-refractivity contribution < 1.29 is 4.79 Å². The van der Waals surface area contributed by atoms with E-state index >= 15 is 0 Å². The number of hydrogen-bond donors (Lipinski definition) is 1. The lowest BCUT2D eigenvalue weighted by atomic mass is 10.1. The zero-order valence-electron chi connectivity index (χ0n) is 12.5. The van der Waals surface area contributed by atoms with Gasteiger partial charge < -0.3 is 4.90 Å². The third kappa shape index (κ3) is 3.55. The largest absolute Gasteiger partial charge is 0.325 e. The molecule has 0 aliphatic carbocycles. The van der Waals surface area contributed by atoms with Gasteiger partial charge in [-0.2, -0.15) is 11.8 Å². The van der Waals surface area contributed by atoms with Crippen LogP contribution in [0.5, 0.6) is 0 Å². The van der Waals surface area contributed by atoms with Crippen molar-refractivity contribution in [3.8, 4) is 0 Å². The monoisotopic (exact) mass is 292 g/mol. The van der Waals surface area contributed by atoms with Crippen LogP contribution in [0.2, 0.25) is 0 Å². The molecule has 1 amide bonds. The molecule has 1 N–H and O–H groups in total. The molecular formula is C16H24N2OS. The van der Waals surface area contributed by atoms with Crippen molar-refractivity contribution in [3.05, 3.63) is 35.9 Å². The van der Waals surface area contributed by atoms with Crippen LogP contribution in [0.1, 0.15) is 31.9 Å². The molecule has 2 rings (SSSR count). The number of nitrogens with zero attached hydrogens (tertiary/aromatic N) is 1. The molecule has 1 aromatic rings. The fourth-order valence-corrected chi connectivity index (χ4v) is 3.03. The van der Waals surface area contributed by atoms with Crippen LogP contribution in [0.15, 0.2) is 30.3 Å². The maximum Gasteiger partial charge on any atom is 0.245 e. The highest BCUT2D eigenvalue weighted by atomic mass is 32.2. The van der Waals surface area contributed by atoms with E-state index in [4.69, 9.17) is 0 Å². The number of benzene rings is 1. The van der Waals surface area contributed by atoms with Crippen molar-refractivity contribution in [2.45, 2.75) is 32.5 Å². The van der Waals surface area contributed by atoms with Crippen molar-refractivity contribution in [1.29, 1.82) is 0 Å². The molecule has 1 saturated heterocycles. The molecule has 1 aromatic carbocycles. The summed E-state index contributed by atoms with van der Waals surface area (Å²) in [5, 5.41) is 3.51. The molecule has 4 heteroatoms. The Labute approximate surface area is 126 Å². The Hall–Kier alpha value is -1.00. The summed E-state index contributed by atoms with van der Waals surface area (Å²) in [5.41, 5.74) is 1.07. The number of hydrogen-bond acceptors (Lipinski definition) is 3. The van der Waals surface area contributed by atoms with Gasteiger partial charge in [-0.15, -0.1) is 0 Å². The summed E-state index contributed by atoms with van der Waals surface area (Å²) in [7, 11) is 0. The molecule has 0 aromatic heterocycles. The maximum atomic E-state index is 12.7. The molecule has 2 unspecified atom stereocenters. The van der Waals surface area contributed by atoms with Crippen LogP contribution in [0, 0.1) is 5.92 Å². The number of rotatable bonds is 6. The fourth-order valence-electron chi connectivity index (χ4n) is 2.65. The minimum atomic E-state index is -0.179. The van der Waals surface area contributed by atoms with Gasteiger partial charge >= 0.3 is 0 Å². The topological polar surface area (TPSA) is 32.3 Å². The predicted molar refractivity (Wildman–Crippen MR) is 85.7 cm³/mol. The highest BCUT2D eigenvalue weighted by molar-refractivity contribution is 7.98. The second-order valence-electron chi connectivity index (χ2n) is 5.68. The maximum absolute atomic E-state index is 12.7. The zero-order chi connectivity index (χ0) is 14.5. The van der Waals surface area contributed by atoms with Crippen LogP contribution in [-0.4, -0.2) is 35.5 Å². The van der Waals surface area contributed by atoms with Crippen LogP contribution in [0.25, 0.3) is 0 Å². The Balaban J connectivity index is 2.15. The van der Waals surface area contributed by atoms with Crippen molar-refractivity contribution >= 4 is 17.7 Å². The van der Waals surface area contributed by atoms with Gasteiger partial charge in [-0.3, -0.25) is 10.1 Å². The van der Waals surface area contributed by atoms with Gasteiger partial charge in [0.05, 0.1) is 6.17 Å². The van der Waals surface area contributed by atoms with Crippen molar-refractivity contribution in [3.63, 3.8) is 0 Å². The molecule has 0 spiro atoms. The SMILES string of the molecule is CSCCN1C(=O)C(c2ccccc2)NC1CC(C)C. The smallest absolute Gasteiger partial charge is 0.245 e. The summed E-state index contributed by atoms with van der Waals surface area (Å²) in [5.74, 6) is 1.78. The van der Waals surface area contributed by atoms with Gasteiger partial charge in [0.25, 0.3) is 0 Å². The second-order valence-corrected chi connectivity index (χ2v) is 6.67. The van der Waals surface area contributed by atoms with Crippen LogP contribution in [0.4, 0.5) is 0 Å². The van der Waals surface area contributed by atoms with Gasteiger partial charge in [-0.1, -0.05) is 44.2 Å². The van der Waals surface area contributed by atoms with Gasteiger partial charge in [0.2, 0.25) is 5.91 Å². The Morgan fingerprint density at radius 3 is 2.60 bits per heavy atom. The average Bonchev–Trinajstić information content (AvgIpc) is 2.73. The predicted octanol–water partition coefficient (Wildman–Crippen LogP) is 2.89. The van der Waals surface area contributed by atoms with E-state index in [0.717, 1.165) is 24.3 Å². The molecule has 1 fully saturated rings. The summed E-state index contributed by atoms with van der Waals surface area (Å²) in [6, 6.07) is 9.85. The molecule has 0 bridgehead atoms. The lowest BCUT2D eigenvalue weighted by Crippen LogP contribution is -2.39. The first-order valence-electron chi connectivity index (χ1n) is 7.24. The molecule has 1 heterocycles. The summed E-state index contributed by atoms with van der Waals surface area (Å²) in [6.07, 6.45) is 3.25. The molecule has 110 valence electrons. The quantitative estimate of drug-likeness (QED) is 0.875. The number of carbonyl (C=O) groups excluding carboxylic acids is 1. The lowest BCUT2D eigenvalue weighted by molar-refractivity contribution is -0.130. The summed E-state index contributed by atoms with van der Waals surface area (Å²) < 4.78 is 0. The molecule has 1 aliphatic rings. The zero-order valence-corrected chi connectivity index (χ0v) is 13.3. The molecule has 1 aliphatic heterocycles. The minimum absolute atomic E-state index is 0.167. The lowest BCUT2D eigenvalue weighted by Gasteiger charge is -2.25. The summed E-state index contributed by atoms with van der Waals surface area (Å²) in [6.45, 7) is 5.23. The Bertz CT molecular complexity index is 435. The highest BCUT2D eigenvalue weighted by Gasteiger charge is 2.39. The number of thioether (sulfide) groups is 1. The second kappa shape index (κ2) is 7.14. The van der Waals surface area contributed by atoms with E-state index in [2.05, 4.69) is 25.4 Å². The molecule has 0 radical (unpaired) electrons. The average molecular weight is 292 g/mol. The van der Waals surface area contributed by atoms with E-state index in [1.54, 1.807) is 11.8 Å². The number of amides is 1. The standard InChI is InChI=1S/C16H24N2OS/c1-12(2)11-14-17-15(13-7-5-4-6-8-13)16(19)18(14)9-10-20-3/h4-8,12,14-15,17H,9-11H2,1-3H3. The van der Waals surface area contributed by atoms with E-state index in [-0.39, 0.29) is 18.1 Å². The summed E-state index contributed by atoms with van der Waals surface area (Å²) in [4.78, 5) is 14.7. The highest BCUT2D eigenvalue weighted by Crippen LogP contribution is 2.27. The summed E-state index contributed by atoms with van der Waals surface area (Å²) >= 11 is 1.79. The molecular weight excluding hydrogens is 268 g/mol. The van der Waals surface area contributed by atoms with Crippen LogP contribution in [0.3, 0.4) is 0 Å². The normalized spacial score (nSPS) is 22.8. The number of carbonyl (C=O) groups is 1. The molecule has 20 heavy (non-hydrogen) atoms. The fraction of sp³-hybridized carbons (Fsp3) is 0.562. The van der Waals surface area contributed by atoms with Gasteiger partial charge in [-0.25, -0.2) is 0 Å². The van der Waals surface area contributed by atoms with Crippen molar-refractivity contribution in [2.24, 2.45) is 5.92 Å². The molecule has 2 atom stereocenters. The first-order valence-corrected chi connectivity index (χ1v) is 8.63. The van der Waals surface area contributed by atoms with Gasteiger partial charge in [0, 0.05) is 12.3 Å². The van der Waals surface area contributed by atoms with Crippen molar-refractivity contribution in [2.75, 3.05) is 18.6 Å². The Morgan fingerprint density at radius 1 is 1.30 bits per heavy atom. The Kier molecular flexibility index (Phi) is 5.49. The number of nitrogens with one attached hydrogen (secondary N) is 1. The Morgan fingerprint density at radius 2 is 2.00 bits per heavy atom. The van der Waals surface area contributed by atoms with E-state index in [1.807, 2.05) is 35.2 Å².